The van der Waals surface area contributed by atoms with Crippen LogP contribution in [0.1, 0.15) is 44.9 Å². The Labute approximate surface area is 159 Å². The summed E-state index contributed by atoms with van der Waals surface area (Å²) in [5.74, 6) is -0.206. The van der Waals surface area contributed by atoms with E-state index in [2.05, 4.69) is 5.32 Å². The molecule has 2 heterocycles. The zero-order chi connectivity index (χ0) is 18.9. The molecule has 1 aliphatic heterocycles. The van der Waals surface area contributed by atoms with Crippen LogP contribution in [0.5, 0.6) is 0 Å². The average molecular weight is 393 g/mol. The topological polar surface area (TPSA) is 66.5 Å². The molecule has 0 saturated carbocycles. The molecular weight excluding hydrogens is 368 g/mol. The quantitative estimate of drug-likeness (QED) is 0.852. The van der Waals surface area contributed by atoms with Crippen LogP contribution in [0, 0.1) is 20.8 Å². The summed E-state index contributed by atoms with van der Waals surface area (Å²) in [7, 11) is -3.52. The first-order valence-corrected chi connectivity index (χ1v) is 11.0. The summed E-state index contributed by atoms with van der Waals surface area (Å²) in [6, 6.07) is 6.80. The third-order valence-electron chi connectivity index (χ3n) is 4.70. The molecule has 1 N–H and O–H groups in total. The monoisotopic (exact) mass is 392 g/mol. The van der Waals surface area contributed by atoms with Crippen molar-refractivity contribution in [3.8, 4) is 0 Å². The highest BCUT2D eigenvalue weighted by atomic mass is 32.2. The Kier molecular flexibility index (Phi) is 5.50. The number of hydrogen-bond acceptors (Lipinski definition) is 4. The predicted molar refractivity (Wildman–Crippen MR) is 106 cm³/mol. The molecule has 7 heteroatoms. The van der Waals surface area contributed by atoms with Crippen molar-refractivity contribution in [3.63, 3.8) is 0 Å². The van der Waals surface area contributed by atoms with Crippen LogP contribution in [-0.4, -0.2) is 31.7 Å². The Morgan fingerprint density at radius 1 is 1.08 bits per heavy atom. The lowest BCUT2D eigenvalue weighted by atomic mass is 10.2. The largest absolute Gasteiger partial charge is 0.322 e. The van der Waals surface area contributed by atoms with Crippen molar-refractivity contribution < 1.29 is 13.2 Å². The number of aryl methyl sites for hydroxylation is 3. The van der Waals surface area contributed by atoms with Crippen molar-refractivity contribution in [2.45, 2.75) is 44.9 Å². The van der Waals surface area contributed by atoms with E-state index in [1.54, 1.807) is 33.8 Å². The van der Waals surface area contributed by atoms with Gasteiger partial charge in [-0.15, -0.1) is 11.3 Å². The fourth-order valence-corrected chi connectivity index (χ4v) is 5.66. The van der Waals surface area contributed by atoms with Gasteiger partial charge in [0.2, 0.25) is 10.0 Å². The number of piperidine rings is 1. The summed E-state index contributed by atoms with van der Waals surface area (Å²) in [6.07, 6.45) is 2.86. The highest BCUT2D eigenvalue weighted by Crippen LogP contribution is 2.27. The number of carbonyl (C=O) groups is 1. The summed E-state index contributed by atoms with van der Waals surface area (Å²) in [6.45, 7) is 6.86. The fraction of sp³-hybridized carbons (Fsp3) is 0.421. The first-order valence-electron chi connectivity index (χ1n) is 8.78. The highest BCUT2D eigenvalue weighted by Gasteiger charge is 2.26. The molecule has 0 unspecified atom stereocenters. The Hall–Kier alpha value is -1.70. The number of sulfonamides is 1. The van der Waals surface area contributed by atoms with Gasteiger partial charge in [-0.25, -0.2) is 8.42 Å². The van der Waals surface area contributed by atoms with Crippen molar-refractivity contribution in [2.75, 3.05) is 18.4 Å². The maximum Gasteiger partial charge on any atom is 0.256 e. The van der Waals surface area contributed by atoms with Gasteiger partial charge in [-0.05, 0) is 57.4 Å². The molecule has 0 bridgehead atoms. The van der Waals surface area contributed by atoms with E-state index in [1.807, 2.05) is 26.8 Å². The molecule has 140 valence electrons. The molecule has 0 radical (unpaired) electrons. The molecule has 0 aliphatic carbocycles. The summed E-state index contributed by atoms with van der Waals surface area (Å²) < 4.78 is 27.3. The van der Waals surface area contributed by atoms with Crippen LogP contribution in [0.25, 0.3) is 0 Å². The Morgan fingerprint density at radius 3 is 2.38 bits per heavy atom. The normalized spacial score (nSPS) is 15.8. The Balaban J connectivity index is 1.88. The van der Waals surface area contributed by atoms with Gasteiger partial charge in [0.25, 0.3) is 5.91 Å². The third-order valence-corrected chi connectivity index (χ3v) is 7.56. The standard InChI is InChI=1S/C19H24N2O3S2/c1-13-7-8-16(26(23,24)21-9-5-4-6-10-21)12-18(13)20-19(22)17-11-14(2)25-15(17)3/h7-8,11-12H,4-6,9-10H2,1-3H3,(H,20,22). The van der Waals surface area contributed by atoms with Crippen molar-refractivity contribution >= 4 is 33.0 Å². The van der Waals surface area contributed by atoms with Crippen LogP contribution < -0.4 is 5.32 Å². The molecule has 1 aromatic carbocycles. The Morgan fingerprint density at radius 2 is 1.77 bits per heavy atom. The molecule has 26 heavy (non-hydrogen) atoms. The van der Waals surface area contributed by atoms with Gasteiger partial charge in [0.15, 0.2) is 0 Å². The molecule has 3 rings (SSSR count). The molecule has 5 nitrogen and oxygen atoms in total. The van der Waals surface area contributed by atoms with Crippen molar-refractivity contribution in [1.29, 1.82) is 0 Å². The van der Waals surface area contributed by atoms with Crippen LogP contribution in [0.3, 0.4) is 0 Å². The molecule has 1 aliphatic rings. The van der Waals surface area contributed by atoms with Gasteiger partial charge in [-0.3, -0.25) is 4.79 Å². The highest BCUT2D eigenvalue weighted by molar-refractivity contribution is 7.89. The molecule has 1 amide bonds. The summed E-state index contributed by atoms with van der Waals surface area (Å²) in [5, 5.41) is 2.88. The Bertz CT molecular complexity index is 926. The van der Waals surface area contributed by atoms with Gasteiger partial charge in [-0.1, -0.05) is 12.5 Å². The molecule has 1 fully saturated rings. The van der Waals surface area contributed by atoms with Gasteiger partial charge in [0, 0.05) is 28.5 Å². The number of thiophene rings is 1. The van der Waals surface area contributed by atoms with Crippen molar-refractivity contribution in [1.82, 2.24) is 4.31 Å². The van der Waals surface area contributed by atoms with E-state index in [0.29, 0.717) is 24.3 Å². The van der Waals surface area contributed by atoms with E-state index in [9.17, 15) is 13.2 Å². The van der Waals surface area contributed by atoms with Crippen LogP contribution in [0.4, 0.5) is 5.69 Å². The minimum absolute atomic E-state index is 0.206. The number of amides is 1. The van der Waals surface area contributed by atoms with Crippen LogP contribution in [0.15, 0.2) is 29.2 Å². The molecule has 1 saturated heterocycles. The molecule has 2 aromatic rings. The van der Waals surface area contributed by atoms with Gasteiger partial charge < -0.3 is 5.32 Å². The SMILES string of the molecule is Cc1cc(C(=O)Nc2cc(S(=O)(=O)N3CCCCC3)ccc2C)c(C)s1. The first kappa shape index (κ1) is 19.1. The number of hydrogen-bond donors (Lipinski definition) is 1. The van der Waals surface area contributed by atoms with Crippen molar-refractivity contribution in [2.24, 2.45) is 0 Å². The lowest BCUT2D eigenvalue weighted by molar-refractivity contribution is 0.102. The van der Waals surface area contributed by atoms with Crippen LogP contribution >= 0.6 is 11.3 Å². The maximum absolute atomic E-state index is 12.9. The van der Waals surface area contributed by atoms with Gasteiger partial charge >= 0.3 is 0 Å². The van der Waals surface area contributed by atoms with E-state index >= 15 is 0 Å². The second-order valence-electron chi connectivity index (χ2n) is 6.72. The number of carbonyl (C=O) groups excluding carboxylic acids is 1. The predicted octanol–water partition coefficient (Wildman–Crippen LogP) is 4.10. The van der Waals surface area contributed by atoms with Gasteiger partial charge in [0.1, 0.15) is 0 Å². The van der Waals surface area contributed by atoms with Crippen LogP contribution in [-0.2, 0) is 10.0 Å². The fourth-order valence-electron chi connectivity index (χ4n) is 3.20. The minimum atomic E-state index is -3.52. The molecule has 0 spiro atoms. The van der Waals surface area contributed by atoms with Gasteiger partial charge in [-0.2, -0.15) is 4.31 Å². The summed E-state index contributed by atoms with van der Waals surface area (Å²) >= 11 is 1.58. The first-order chi connectivity index (χ1) is 12.3. The lowest BCUT2D eigenvalue weighted by Crippen LogP contribution is -2.35. The van der Waals surface area contributed by atoms with Gasteiger partial charge in [0.05, 0.1) is 10.5 Å². The van der Waals surface area contributed by atoms with E-state index in [-0.39, 0.29) is 10.8 Å². The number of nitrogens with one attached hydrogen (secondary N) is 1. The van der Waals surface area contributed by atoms with Crippen LogP contribution in [0.2, 0.25) is 0 Å². The molecule has 0 atom stereocenters. The number of rotatable bonds is 4. The summed E-state index contributed by atoms with van der Waals surface area (Å²) in [5.41, 5.74) is 2.01. The molecular formula is C19H24N2O3S2. The lowest BCUT2D eigenvalue weighted by Gasteiger charge is -2.26. The number of nitrogens with zero attached hydrogens (tertiary/aromatic N) is 1. The zero-order valence-corrected chi connectivity index (χ0v) is 17.0. The summed E-state index contributed by atoms with van der Waals surface area (Å²) in [4.78, 5) is 14.9. The van der Waals surface area contributed by atoms with E-state index in [0.717, 1.165) is 34.6 Å². The van der Waals surface area contributed by atoms with E-state index in [1.165, 1.54) is 0 Å². The average Bonchev–Trinajstić information content (AvgIpc) is 2.96. The minimum Gasteiger partial charge on any atom is -0.322 e. The van der Waals surface area contributed by atoms with E-state index in [4.69, 9.17) is 0 Å². The number of benzene rings is 1. The number of anilines is 1. The third kappa shape index (κ3) is 3.84. The second-order valence-corrected chi connectivity index (χ2v) is 10.1. The zero-order valence-electron chi connectivity index (χ0n) is 15.3. The van der Waals surface area contributed by atoms with Crippen molar-refractivity contribution in [3.05, 3.63) is 45.1 Å². The molecule has 1 aromatic heterocycles. The second kappa shape index (κ2) is 7.50. The maximum atomic E-state index is 12.9. The van der Waals surface area contributed by atoms with E-state index < -0.39 is 10.0 Å². The smallest absolute Gasteiger partial charge is 0.256 e.